The van der Waals surface area contributed by atoms with Crippen molar-refractivity contribution in [2.75, 3.05) is 12.4 Å². The summed E-state index contributed by atoms with van der Waals surface area (Å²) in [5, 5.41) is 6.18. The molecule has 2 N–H and O–H groups in total. The summed E-state index contributed by atoms with van der Waals surface area (Å²) in [5.41, 5.74) is 2.32. The Hall–Kier alpha value is -1.94. The van der Waals surface area contributed by atoms with E-state index >= 15 is 0 Å². The zero-order valence-corrected chi connectivity index (χ0v) is 10.6. The monoisotopic (exact) mass is 264 g/mol. The van der Waals surface area contributed by atoms with Gasteiger partial charge >= 0.3 is 0 Å². The average Bonchev–Trinajstić information content (AvgIpc) is 2.90. The Morgan fingerprint density at radius 2 is 2.22 bits per heavy atom. The van der Waals surface area contributed by atoms with Gasteiger partial charge in [-0.2, -0.15) is 0 Å². The van der Waals surface area contributed by atoms with Gasteiger partial charge in [0.15, 0.2) is 0 Å². The van der Waals surface area contributed by atoms with Gasteiger partial charge in [0.25, 0.3) is 5.91 Å². The number of carbonyl (C=O) groups is 1. The summed E-state index contributed by atoms with van der Waals surface area (Å²) in [5.74, 6) is -0.202. The Balaban J connectivity index is 2.12. The summed E-state index contributed by atoms with van der Waals surface area (Å²) in [6, 6.07) is 7.13. The Labute approximate surface area is 110 Å². The van der Waals surface area contributed by atoms with Crippen molar-refractivity contribution in [1.29, 1.82) is 0 Å². The Morgan fingerprint density at radius 1 is 1.39 bits per heavy atom. The molecule has 0 aliphatic carbocycles. The lowest BCUT2D eigenvalue weighted by Gasteiger charge is -2.08. The van der Waals surface area contributed by atoms with E-state index in [0.717, 1.165) is 11.3 Å². The highest BCUT2D eigenvalue weighted by Gasteiger charge is 2.09. The number of rotatable bonds is 4. The van der Waals surface area contributed by atoms with Crippen LogP contribution in [0.5, 0.6) is 0 Å². The molecule has 1 heterocycles. The van der Waals surface area contributed by atoms with Crippen molar-refractivity contribution < 1.29 is 9.21 Å². The number of furan rings is 1. The molecule has 4 nitrogen and oxygen atoms in total. The highest BCUT2D eigenvalue weighted by Crippen LogP contribution is 2.21. The molecule has 0 bridgehead atoms. The van der Waals surface area contributed by atoms with E-state index in [4.69, 9.17) is 16.0 Å². The second kappa shape index (κ2) is 5.60. The third-order valence-electron chi connectivity index (χ3n) is 2.51. The number of hydrogen-bond donors (Lipinski definition) is 2. The first-order valence-corrected chi connectivity index (χ1v) is 5.85. The Bertz CT molecular complexity index is 538. The third-order valence-corrected chi connectivity index (χ3v) is 2.84. The van der Waals surface area contributed by atoms with Gasteiger partial charge in [-0.15, -0.1) is 0 Å². The van der Waals surface area contributed by atoms with Gasteiger partial charge in [-0.05, 0) is 24.3 Å². The lowest BCUT2D eigenvalue weighted by molar-refractivity contribution is 0.0963. The standard InChI is InChI=1S/C13H13ClN2O2/c1-15-13(17)11-6-10(2-3-12(11)14)16-7-9-4-5-18-8-9/h2-6,8,16H,7H2,1H3,(H,15,17). The fraction of sp³-hybridized carbons (Fsp3) is 0.154. The molecule has 0 radical (unpaired) electrons. The van der Waals surface area contributed by atoms with Crippen molar-refractivity contribution in [3.8, 4) is 0 Å². The van der Waals surface area contributed by atoms with Crippen molar-refractivity contribution in [1.82, 2.24) is 5.32 Å². The summed E-state index contributed by atoms with van der Waals surface area (Å²) in [4.78, 5) is 11.6. The van der Waals surface area contributed by atoms with Gasteiger partial charge in [-0.1, -0.05) is 11.6 Å². The highest BCUT2D eigenvalue weighted by atomic mass is 35.5. The predicted octanol–water partition coefficient (Wildman–Crippen LogP) is 2.90. The first-order chi connectivity index (χ1) is 8.70. The third kappa shape index (κ3) is 2.84. The van der Waals surface area contributed by atoms with E-state index in [1.54, 1.807) is 31.7 Å². The van der Waals surface area contributed by atoms with E-state index in [2.05, 4.69) is 10.6 Å². The SMILES string of the molecule is CNC(=O)c1cc(NCc2ccoc2)ccc1Cl. The van der Waals surface area contributed by atoms with Crippen LogP contribution in [0.3, 0.4) is 0 Å². The summed E-state index contributed by atoms with van der Waals surface area (Å²) in [7, 11) is 1.57. The number of nitrogens with one attached hydrogen (secondary N) is 2. The second-order valence-electron chi connectivity index (χ2n) is 3.76. The van der Waals surface area contributed by atoms with Crippen LogP contribution in [0.25, 0.3) is 0 Å². The number of benzene rings is 1. The maximum atomic E-state index is 11.6. The molecule has 1 aromatic carbocycles. The number of halogens is 1. The van der Waals surface area contributed by atoms with Gasteiger partial charge in [0.2, 0.25) is 0 Å². The molecule has 2 rings (SSSR count). The van der Waals surface area contributed by atoms with Crippen LogP contribution in [0.2, 0.25) is 5.02 Å². The molecule has 94 valence electrons. The molecule has 0 spiro atoms. The first-order valence-electron chi connectivity index (χ1n) is 5.47. The minimum Gasteiger partial charge on any atom is -0.472 e. The molecule has 5 heteroatoms. The maximum Gasteiger partial charge on any atom is 0.252 e. The van der Waals surface area contributed by atoms with Crippen molar-refractivity contribution in [2.45, 2.75) is 6.54 Å². The van der Waals surface area contributed by atoms with E-state index in [9.17, 15) is 4.79 Å². The van der Waals surface area contributed by atoms with Crippen LogP contribution in [0.15, 0.2) is 41.2 Å². The smallest absolute Gasteiger partial charge is 0.252 e. The van der Waals surface area contributed by atoms with Crippen molar-refractivity contribution in [3.63, 3.8) is 0 Å². The van der Waals surface area contributed by atoms with E-state index in [1.807, 2.05) is 12.1 Å². The number of hydrogen-bond acceptors (Lipinski definition) is 3. The van der Waals surface area contributed by atoms with Crippen molar-refractivity contribution in [3.05, 3.63) is 52.9 Å². The van der Waals surface area contributed by atoms with Gasteiger partial charge < -0.3 is 15.1 Å². The predicted molar refractivity (Wildman–Crippen MR) is 70.9 cm³/mol. The molecule has 1 aromatic heterocycles. The molecule has 0 aliphatic rings. The number of carbonyl (C=O) groups excluding carboxylic acids is 1. The molecule has 0 fully saturated rings. The van der Waals surface area contributed by atoms with E-state index in [1.165, 1.54) is 0 Å². The fourth-order valence-corrected chi connectivity index (χ4v) is 1.74. The first kappa shape index (κ1) is 12.5. The average molecular weight is 265 g/mol. The van der Waals surface area contributed by atoms with Gasteiger partial charge in [0, 0.05) is 24.8 Å². The molecular formula is C13H13ClN2O2. The van der Waals surface area contributed by atoms with Gasteiger partial charge in [-0.25, -0.2) is 0 Å². The summed E-state index contributed by atoms with van der Waals surface area (Å²) in [6.45, 7) is 0.630. The van der Waals surface area contributed by atoms with Crippen LogP contribution in [0.1, 0.15) is 15.9 Å². The largest absolute Gasteiger partial charge is 0.472 e. The summed E-state index contributed by atoms with van der Waals surface area (Å²) in [6.07, 6.45) is 3.29. The molecule has 0 atom stereocenters. The minimum absolute atomic E-state index is 0.202. The van der Waals surface area contributed by atoms with Crippen LogP contribution in [-0.2, 0) is 6.54 Å². The van der Waals surface area contributed by atoms with Gasteiger partial charge in [-0.3, -0.25) is 4.79 Å². The molecule has 0 unspecified atom stereocenters. The lowest BCUT2D eigenvalue weighted by Crippen LogP contribution is -2.18. The molecular weight excluding hydrogens is 252 g/mol. The van der Waals surface area contributed by atoms with Gasteiger partial charge in [0.1, 0.15) is 0 Å². The van der Waals surface area contributed by atoms with Crippen LogP contribution in [-0.4, -0.2) is 13.0 Å². The van der Waals surface area contributed by atoms with Crippen LogP contribution in [0.4, 0.5) is 5.69 Å². The topological polar surface area (TPSA) is 54.3 Å². The second-order valence-corrected chi connectivity index (χ2v) is 4.17. The quantitative estimate of drug-likeness (QED) is 0.893. The zero-order valence-electron chi connectivity index (χ0n) is 9.87. The van der Waals surface area contributed by atoms with E-state index in [0.29, 0.717) is 17.1 Å². The molecule has 18 heavy (non-hydrogen) atoms. The van der Waals surface area contributed by atoms with Crippen LogP contribution in [0, 0.1) is 0 Å². The molecule has 0 aliphatic heterocycles. The molecule has 0 saturated heterocycles. The fourth-order valence-electron chi connectivity index (χ4n) is 1.54. The lowest BCUT2D eigenvalue weighted by atomic mass is 10.2. The zero-order chi connectivity index (χ0) is 13.0. The summed E-state index contributed by atoms with van der Waals surface area (Å²) >= 11 is 5.97. The van der Waals surface area contributed by atoms with Gasteiger partial charge in [0.05, 0.1) is 23.1 Å². The number of amides is 1. The number of anilines is 1. The van der Waals surface area contributed by atoms with Crippen molar-refractivity contribution in [2.24, 2.45) is 0 Å². The molecule has 0 saturated carbocycles. The highest BCUT2D eigenvalue weighted by molar-refractivity contribution is 6.34. The van der Waals surface area contributed by atoms with Crippen LogP contribution < -0.4 is 10.6 Å². The Morgan fingerprint density at radius 3 is 2.89 bits per heavy atom. The van der Waals surface area contributed by atoms with E-state index < -0.39 is 0 Å². The Kier molecular flexibility index (Phi) is 3.89. The molecule has 1 amide bonds. The van der Waals surface area contributed by atoms with E-state index in [-0.39, 0.29) is 5.91 Å². The molecule has 2 aromatic rings. The summed E-state index contributed by atoms with van der Waals surface area (Å²) < 4.78 is 4.98. The van der Waals surface area contributed by atoms with Crippen molar-refractivity contribution >= 4 is 23.2 Å². The van der Waals surface area contributed by atoms with Crippen LogP contribution >= 0.6 is 11.6 Å². The normalized spacial score (nSPS) is 10.1. The maximum absolute atomic E-state index is 11.6. The minimum atomic E-state index is -0.202.